The number of hydrogen-bond donors (Lipinski definition) is 1. The lowest BCUT2D eigenvalue weighted by Gasteiger charge is -2.33. The Morgan fingerprint density at radius 3 is 2.67 bits per heavy atom. The zero-order valence-electron chi connectivity index (χ0n) is 10.3. The normalized spacial score (nSPS) is 21.5. The van der Waals surface area contributed by atoms with Gasteiger partial charge in [0.25, 0.3) is 0 Å². The summed E-state index contributed by atoms with van der Waals surface area (Å²) in [6, 6.07) is 1.38. The Hall–Kier alpha value is -0.340. The fourth-order valence-corrected chi connectivity index (χ4v) is 2.27. The quantitative estimate of drug-likeness (QED) is 0.677. The molecule has 0 bridgehead atoms. The Balaban J connectivity index is 2.14. The summed E-state index contributed by atoms with van der Waals surface area (Å²) in [6.45, 7) is 12.0. The molecule has 0 saturated carbocycles. The first kappa shape index (κ1) is 12.7. The van der Waals surface area contributed by atoms with Crippen molar-refractivity contribution in [3.8, 4) is 0 Å². The first-order chi connectivity index (χ1) is 7.26. The van der Waals surface area contributed by atoms with Gasteiger partial charge in [0.2, 0.25) is 0 Å². The van der Waals surface area contributed by atoms with Gasteiger partial charge < -0.3 is 10.2 Å². The summed E-state index contributed by atoms with van der Waals surface area (Å²) >= 11 is 0. The SMILES string of the molecule is C=CCCC(C)NC1CCN(CC)CC1. The van der Waals surface area contributed by atoms with Crippen molar-refractivity contribution in [2.24, 2.45) is 0 Å². The number of hydrogen-bond acceptors (Lipinski definition) is 2. The Labute approximate surface area is 94.7 Å². The van der Waals surface area contributed by atoms with Gasteiger partial charge in [-0.05, 0) is 52.2 Å². The summed E-state index contributed by atoms with van der Waals surface area (Å²) in [6.07, 6.45) is 6.98. The van der Waals surface area contributed by atoms with E-state index in [0.717, 1.165) is 12.5 Å². The average Bonchev–Trinajstić information content (AvgIpc) is 2.27. The topological polar surface area (TPSA) is 15.3 Å². The highest BCUT2D eigenvalue weighted by Gasteiger charge is 2.18. The smallest absolute Gasteiger partial charge is 0.00938 e. The molecular weight excluding hydrogens is 184 g/mol. The standard InChI is InChI=1S/C13H26N2/c1-4-6-7-12(3)14-13-8-10-15(5-2)11-9-13/h4,12-14H,1,5-11H2,2-3H3. The molecule has 1 atom stereocenters. The highest BCUT2D eigenvalue weighted by atomic mass is 15.1. The van der Waals surface area contributed by atoms with Crippen molar-refractivity contribution in [2.75, 3.05) is 19.6 Å². The molecule has 0 aliphatic carbocycles. The maximum absolute atomic E-state index is 3.77. The van der Waals surface area contributed by atoms with Crippen molar-refractivity contribution in [3.05, 3.63) is 12.7 Å². The maximum atomic E-state index is 3.77. The van der Waals surface area contributed by atoms with E-state index < -0.39 is 0 Å². The van der Waals surface area contributed by atoms with Crippen LogP contribution in [0.1, 0.15) is 39.5 Å². The zero-order chi connectivity index (χ0) is 11.1. The van der Waals surface area contributed by atoms with E-state index in [1.807, 2.05) is 6.08 Å². The van der Waals surface area contributed by atoms with E-state index in [1.165, 1.54) is 38.9 Å². The molecule has 1 saturated heterocycles. The summed E-state index contributed by atoms with van der Waals surface area (Å²) in [5.74, 6) is 0. The van der Waals surface area contributed by atoms with E-state index in [-0.39, 0.29) is 0 Å². The van der Waals surface area contributed by atoms with Crippen molar-refractivity contribution in [1.82, 2.24) is 10.2 Å². The van der Waals surface area contributed by atoms with Gasteiger partial charge in [-0.3, -0.25) is 0 Å². The van der Waals surface area contributed by atoms with E-state index in [4.69, 9.17) is 0 Å². The largest absolute Gasteiger partial charge is 0.311 e. The van der Waals surface area contributed by atoms with E-state index in [1.54, 1.807) is 0 Å². The molecule has 0 aromatic rings. The molecule has 2 nitrogen and oxygen atoms in total. The number of nitrogens with zero attached hydrogens (tertiary/aromatic N) is 1. The van der Waals surface area contributed by atoms with Gasteiger partial charge in [-0.15, -0.1) is 6.58 Å². The van der Waals surface area contributed by atoms with Gasteiger partial charge in [-0.2, -0.15) is 0 Å². The van der Waals surface area contributed by atoms with Crippen LogP contribution >= 0.6 is 0 Å². The Morgan fingerprint density at radius 2 is 2.13 bits per heavy atom. The van der Waals surface area contributed by atoms with E-state index in [9.17, 15) is 0 Å². The predicted octanol–water partition coefficient (Wildman–Crippen LogP) is 2.42. The average molecular weight is 210 g/mol. The molecule has 0 spiro atoms. The second-order valence-electron chi connectivity index (χ2n) is 4.64. The molecule has 0 aromatic heterocycles. The third-order valence-corrected chi connectivity index (χ3v) is 3.36. The fraction of sp³-hybridized carbons (Fsp3) is 0.846. The number of likely N-dealkylation sites (tertiary alicyclic amines) is 1. The third kappa shape index (κ3) is 4.80. The molecule has 88 valence electrons. The van der Waals surface area contributed by atoms with Crippen LogP contribution in [0.3, 0.4) is 0 Å². The van der Waals surface area contributed by atoms with E-state index >= 15 is 0 Å². The Kier molecular flexibility index (Phi) is 5.96. The van der Waals surface area contributed by atoms with Crippen LogP contribution in [-0.2, 0) is 0 Å². The van der Waals surface area contributed by atoms with Crippen molar-refractivity contribution < 1.29 is 0 Å². The zero-order valence-corrected chi connectivity index (χ0v) is 10.3. The van der Waals surface area contributed by atoms with Gasteiger partial charge in [0.1, 0.15) is 0 Å². The van der Waals surface area contributed by atoms with Crippen LogP contribution in [-0.4, -0.2) is 36.6 Å². The molecule has 1 N–H and O–H groups in total. The van der Waals surface area contributed by atoms with Crippen molar-refractivity contribution in [2.45, 2.75) is 51.6 Å². The molecule has 2 heteroatoms. The minimum Gasteiger partial charge on any atom is -0.311 e. The van der Waals surface area contributed by atoms with Gasteiger partial charge in [0.05, 0.1) is 0 Å². The minimum absolute atomic E-state index is 0.640. The highest BCUT2D eigenvalue weighted by Crippen LogP contribution is 2.11. The molecule has 1 unspecified atom stereocenters. The molecule has 0 amide bonds. The molecule has 0 radical (unpaired) electrons. The first-order valence-electron chi connectivity index (χ1n) is 6.35. The molecule has 1 aliphatic rings. The van der Waals surface area contributed by atoms with Crippen molar-refractivity contribution in [1.29, 1.82) is 0 Å². The monoisotopic (exact) mass is 210 g/mol. The van der Waals surface area contributed by atoms with Crippen LogP contribution in [0.25, 0.3) is 0 Å². The minimum atomic E-state index is 0.640. The molecule has 1 fully saturated rings. The molecule has 1 aliphatic heterocycles. The summed E-state index contributed by atoms with van der Waals surface area (Å²) in [5.41, 5.74) is 0. The molecule has 0 aromatic carbocycles. The summed E-state index contributed by atoms with van der Waals surface area (Å²) in [4.78, 5) is 2.53. The van der Waals surface area contributed by atoms with Crippen LogP contribution in [0.4, 0.5) is 0 Å². The van der Waals surface area contributed by atoms with Gasteiger partial charge >= 0.3 is 0 Å². The van der Waals surface area contributed by atoms with E-state index in [2.05, 4.69) is 30.6 Å². The van der Waals surface area contributed by atoms with Crippen LogP contribution in [0, 0.1) is 0 Å². The van der Waals surface area contributed by atoms with Gasteiger partial charge in [0.15, 0.2) is 0 Å². The van der Waals surface area contributed by atoms with E-state index in [0.29, 0.717) is 6.04 Å². The maximum Gasteiger partial charge on any atom is 0.00938 e. The van der Waals surface area contributed by atoms with Gasteiger partial charge in [0, 0.05) is 12.1 Å². The Bertz CT molecular complexity index is 171. The summed E-state index contributed by atoms with van der Waals surface area (Å²) in [5, 5.41) is 3.72. The van der Waals surface area contributed by atoms with Crippen LogP contribution in [0.5, 0.6) is 0 Å². The molecular formula is C13H26N2. The molecule has 1 rings (SSSR count). The molecule has 15 heavy (non-hydrogen) atoms. The number of allylic oxidation sites excluding steroid dienone is 1. The summed E-state index contributed by atoms with van der Waals surface area (Å²) in [7, 11) is 0. The lowest BCUT2D eigenvalue weighted by atomic mass is 10.0. The number of nitrogens with one attached hydrogen (secondary N) is 1. The highest BCUT2D eigenvalue weighted by molar-refractivity contribution is 4.80. The Morgan fingerprint density at radius 1 is 1.47 bits per heavy atom. The second kappa shape index (κ2) is 7.02. The second-order valence-corrected chi connectivity index (χ2v) is 4.64. The lowest BCUT2D eigenvalue weighted by molar-refractivity contribution is 0.199. The third-order valence-electron chi connectivity index (χ3n) is 3.36. The molecule has 1 heterocycles. The van der Waals surface area contributed by atoms with Gasteiger partial charge in [-0.1, -0.05) is 13.0 Å². The van der Waals surface area contributed by atoms with Gasteiger partial charge in [-0.25, -0.2) is 0 Å². The van der Waals surface area contributed by atoms with Crippen LogP contribution in [0.2, 0.25) is 0 Å². The predicted molar refractivity (Wildman–Crippen MR) is 67.2 cm³/mol. The first-order valence-corrected chi connectivity index (χ1v) is 6.35. The van der Waals surface area contributed by atoms with Crippen LogP contribution < -0.4 is 5.32 Å². The van der Waals surface area contributed by atoms with Crippen LogP contribution in [0.15, 0.2) is 12.7 Å². The van der Waals surface area contributed by atoms with Crippen molar-refractivity contribution >= 4 is 0 Å². The fourth-order valence-electron chi connectivity index (χ4n) is 2.27. The summed E-state index contributed by atoms with van der Waals surface area (Å²) < 4.78 is 0. The lowest BCUT2D eigenvalue weighted by Crippen LogP contribution is -2.45. The number of rotatable bonds is 6. The van der Waals surface area contributed by atoms with Crippen molar-refractivity contribution in [3.63, 3.8) is 0 Å². The number of piperidine rings is 1.